The summed E-state index contributed by atoms with van der Waals surface area (Å²) < 4.78 is 0. The molecule has 80 valence electrons. The molecule has 1 aromatic rings. The van der Waals surface area contributed by atoms with Crippen LogP contribution in [0.25, 0.3) is 0 Å². The highest BCUT2D eigenvalue weighted by molar-refractivity contribution is 7.09. The van der Waals surface area contributed by atoms with Crippen LogP contribution in [0.3, 0.4) is 0 Å². The number of aromatic nitrogens is 1. The summed E-state index contributed by atoms with van der Waals surface area (Å²) in [6.07, 6.45) is 1.19. The fraction of sp³-hybridized carbons (Fsp3) is 0.700. The standard InChI is InChI=1S/C10H19N3S/c1-9-12-10(8-14-9)7-13(3)6-4-5-11-2/h8,11H,4-7H2,1-3H3. The van der Waals surface area contributed by atoms with Crippen LogP contribution in [-0.2, 0) is 6.54 Å². The molecule has 0 aliphatic heterocycles. The van der Waals surface area contributed by atoms with Gasteiger partial charge in [-0.05, 0) is 40.5 Å². The van der Waals surface area contributed by atoms with Gasteiger partial charge in [0, 0.05) is 11.9 Å². The molecule has 0 radical (unpaired) electrons. The van der Waals surface area contributed by atoms with Gasteiger partial charge in [-0.25, -0.2) is 4.98 Å². The Kier molecular flexibility index (Phi) is 5.07. The van der Waals surface area contributed by atoms with E-state index < -0.39 is 0 Å². The molecular formula is C10H19N3S. The molecule has 0 aliphatic rings. The first-order valence-electron chi connectivity index (χ1n) is 4.96. The molecule has 0 atom stereocenters. The third-order valence-corrected chi connectivity index (χ3v) is 2.89. The van der Waals surface area contributed by atoms with Crippen molar-refractivity contribution >= 4 is 11.3 Å². The molecule has 1 N–H and O–H groups in total. The van der Waals surface area contributed by atoms with E-state index in [2.05, 4.69) is 34.6 Å². The van der Waals surface area contributed by atoms with E-state index in [9.17, 15) is 0 Å². The Bertz CT molecular complexity index is 260. The van der Waals surface area contributed by atoms with Crippen LogP contribution in [-0.4, -0.2) is 37.1 Å². The number of hydrogen-bond acceptors (Lipinski definition) is 4. The molecule has 0 saturated carbocycles. The minimum absolute atomic E-state index is 0.966. The number of nitrogens with one attached hydrogen (secondary N) is 1. The highest BCUT2D eigenvalue weighted by atomic mass is 32.1. The van der Waals surface area contributed by atoms with Crippen molar-refractivity contribution in [3.8, 4) is 0 Å². The molecule has 0 unspecified atom stereocenters. The zero-order chi connectivity index (χ0) is 10.4. The van der Waals surface area contributed by atoms with Gasteiger partial charge in [-0.1, -0.05) is 0 Å². The van der Waals surface area contributed by atoms with E-state index in [-0.39, 0.29) is 0 Å². The summed E-state index contributed by atoms with van der Waals surface area (Å²) in [5, 5.41) is 6.45. The largest absolute Gasteiger partial charge is 0.320 e. The van der Waals surface area contributed by atoms with E-state index in [1.807, 2.05) is 7.05 Å². The molecule has 0 aromatic carbocycles. The van der Waals surface area contributed by atoms with Crippen molar-refractivity contribution < 1.29 is 0 Å². The van der Waals surface area contributed by atoms with Crippen molar-refractivity contribution in [2.24, 2.45) is 0 Å². The number of aryl methyl sites for hydroxylation is 1. The zero-order valence-corrected chi connectivity index (χ0v) is 10.0. The number of hydrogen-bond donors (Lipinski definition) is 1. The van der Waals surface area contributed by atoms with E-state index in [1.54, 1.807) is 11.3 Å². The van der Waals surface area contributed by atoms with Crippen molar-refractivity contribution in [1.82, 2.24) is 15.2 Å². The molecule has 0 aliphatic carbocycles. The predicted molar refractivity (Wildman–Crippen MR) is 61.7 cm³/mol. The molecule has 4 heteroatoms. The van der Waals surface area contributed by atoms with E-state index in [0.717, 1.165) is 24.6 Å². The van der Waals surface area contributed by atoms with Crippen LogP contribution in [0.5, 0.6) is 0 Å². The van der Waals surface area contributed by atoms with E-state index in [4.69, 9.17) is 0 Å². The van der Waals surface area contributed by atoms with Gasteiger partial charge in [0.25, 0.3) is 0 Å². The summed E-state index contributed by atoms with van der Waals surface area (Å²) in [6, 6.07) is 0. The van der Waals surface area contributed by atoms with Crippen molar-refractivity contribution in [3.05, 3.63) is 16.1 Å². The quantitative estimate of drug-likeness (QED) is 0.726. The molecule has 3 nitrogen and oxygen atoms in total. The van der Waals surface area contributed by atoms with Gasteiger partial charge in [0.15, 0.2) is 0 Å². The van der Waals surface area contributed by atoms with Crippen LogP contribution in [0, 0.1) is 6.92 Å². The molecular weight excluding hydrogens is 194 g/mol. The highest BCUT2D eigenvalue weighted by Crippen LogP contribution is 2.09. The lowest BCUT2D eigenvalue weighted by molar-refractivity contribution is 0.318. The molecule has 0 fully saturated rings. The summed E-state index contributed by atoms with van der Waals surface area (Å²) >= 11 is 1.72. The Morgan fingerprint density at radius 3 is 2.93 bits per heavy atom. The van der Waals surface area contributed by atoms with Crippen LogP contribution in [0.15, 0.2) is 5.38 Å². The van der Waals surface area contributed by atoms with E-state index >= 15 is 0 Å². The van der Waals surface area contributed by atoms with Gasteiger partial charge in [-0.3, -0.25) is 0 Å². The summed E-state index contributed by atoms with van der Waals surface area (Å²) in [4.78, 5) is 6.75. The maximum atomic E-state index is 4.44. The zero-order valence-electron chi connectivity index (χ0n) is 9.21. The van der Waals surface area contributed by atoms with Crippen molar-refractivity contribution in [3.63, 3.8) is 0 Å². The highest BCUT2D eigenvalue weighted by Gasteiger charge is 2.02. The Morgan fingerprint density at radius 2 is 2.36 bits per heavy atom. The van der Waals surface area contributed by atoms with Gasteiger partial charge in [0.05, 0.1) is 10.7 Å². The predicted octanol–water partition coefficient (Wildman–Crippen LogP) is 1.49. The summed E-state index contributed by atoms with van der Waals surface area (Å²) in [5.74, 6) is 0. The van der Waals surface area contributed by atoms with Crippen molar-refractivity contribution in [2.75, 3.05) is 27.2 Å². The minimum Gasteiger partial charge on any atom is -0.320 e. The molecule has 1 aromatic heterocycles. The van der Waals surface area contributed by atoms with Crippen molar-refractivity contribution in [2.45, 2.75) is 19.9 Å². The maximum absolute atomic E-state index is 4.44. The number of nitrogens with zero attached hydrogens (tertiary/aromatic N) is 2. The first-order chi connectivity index (χ1) is 6.72. The lowest BCUT2D eigenvalue weighted by Crippen LogP contribution is -2.22. The number of thiazole rings is 1. The summed E-state index contributed by atoms with van der Waals surface area (Å²) in [6.45, 7) is 5.22. The maximum Gasteiger partial charge on any atom is 0.0897 e. The Hall–Kier alpha value is -0.450. The smallest absolute Gasteiger partial charge is 0.0897 e. The van der Waals surface area contributed by atoms with Crippen LogP contribution in [0.2, 0.25) is 0 Å². The number of rotatable bonds is 6. The van der Waals surface area contributed by atoms with Gasteiger partial charge < -0.3 is 10.2 Å². The van der Waals surface area contributed by atoms with Gasteiger partial charge in [0.1, 0.15) is 0 Å². The van der Waals surface area contributed by atoms with E-state index in [0.29, 0.717) is 0 Å². The third kappa shape index (κ3) is 4.17. The topological polar surface area (TPSA) is 28.2 Å². The Labute approximate surface area is 90.2 Å². The van der Waals surface area contributed by atoms with Gasteiger partial charge in [-0.15, -0.1) is 11.3 Å². The monoisotopic (exact) mass is 213 g/mol. The van der Waals surface area contributed by atoms with Crippen LogP contribution >= 0.6 is 11.3 Å². The molecule has 1 heterocycles. The molecule has 0 spiro atoms. The summed E-state index contributed by atoms with van der Waals surface area (Å²) in [5.41, 5.74) is 1.19. The third-order valence-electron chi connectivity index (χ3n) is 2.07. The van der Waals surface area contributed by atoms with Gasteiger partial charge in [0.2, 0.25) is 0 Å². The fourth-order valence-electron chi connectivity index (χ4n) is 1.36. The summed E-state index contributed by atoms with van der Waals surface area (Å²) in [7, 11) is 4.13. The lowest BCUT2D eigenvalue weighted by atomic mass is 10.3. The minimum atomic E-state index is 0.966. The molecule has 14 heavy (non-hydrogen) atoms. The van der Waals surface area contributed by atoms with Crippen molar-refractivity contribution in [1.29, 1.82) is 0 Å². The fourth-order valence-corrected chi connectivity index (χ4v) is 1.97. The second kappa shape index (κ2) is 6.11. The van der Waals surface area contributed by atoms with Crippen LogP contribution in [0.1, 0.15) is 17.1 Å². The van der Waals surface area contributed by atoms with Gasteiger partial charge in [-0.2, -0.15) is 0 Å². The molecule has 0 amide bonds. The first kappa shape index (κ1) is 11.6. The van der Waals surface area contributed by atoms with Crippen LogP contribution in [0.4, 0.5) is 0 Å². The van der Waals surface area contributed by atoms with E-state index in [1.165, 1.54) is 12.1 Å². The normalized spacial score (nSPS) is 11.1. The second-order valence-corrected chi connectivity index (χ2v) is 4.61. The molecule has 1 rings (SSSR count). The Balaban J connectivity index is 2.23. The average molecular weight is 213 g/mol. The SMILES string of the molecule is CNCCCN(C)Cc1csc(C)n1. The first-order valence-corrected chi connectivity index (χ1v) is 5.84. The lowest BCUT2D eigenvalue weighted by Gasteiger charge is -2.14. The average Bonchev–Trinajstić information content (AvgIpc) is 2.52. The molecule has 0 bridgehead atoms. The Morgan fingerprint density at radius 1 is 1.57 bits per heavy atom. The molecule has 0 saturated heterocycles. The van der Waals surface area contributed by atoms with Crippen LogP contribution < -0.4 is 5.32 Å². The van der Waals surface area contributed by atoms with Gasteiger partial charge >= 0.3 is 0 Å². The second-order valence-electron chi connectivity index (χ2n) is 3.55.